The number of anilines is 1. The standard InChI is InChI=1S/C24H31F3N6O4/c1-14(20(34)21(35)30-19-9-11-28-31-19)29-22(36)37-18(23(2,3)4)13-33-12-10-17(32-33)15-5-7-16(8-6-15)24(25,26)27/h5-9,11,17-18,20,32,34H,1,10,12-13H2,2-4H3,(H,29,36)(H2,28,30,31,35)/t17?,18-,20+/m1/s1. The van der Waals surface area contributed by atoms with E-state index in [9.17, 15) is 27.9 Å². The Hall–Kier alpha value is -3.42. The molecule has 13 heteroatoms. The van der Waals surface area contributed by atoms with Gasteiger partial charge >= 0.3 is 12.3 Å². The number of ether oxygens (including phenoxy) is 1. The number of H-pyrrole nitrogens is 1. The molecule has 0 aliphatic carbocycles. The van der Waals surface area contributed by atoms with E-state index < -0.39 is 41.4 Å². The van der Waals surface area contributed by atoms with Crippen LogP contribution in [0, 0.1) is 5.41 Å². The molecule has 2 aromatic rings. The summed E-state index contributed by atoms with van der Waals surface area (Å²) < 4.78 is 44.1. The molecule has 0 spiro atoms. The Morgan fingerprint density at radius 1 is 1.24 bits per heavy atom. The maximum atomic E-state index is 12.8. The number of alkyl halides is 3. The predicted octanol–water partition coefficient (Wildman–Crippen LogP) is 3.33. The van der Waals surface area contributed by atoms with Crippen LogP contribution in [-0.2, 0) is 15.7 Å². The lowest BCUT2D eigenvalue weighted by Gasteiger charge is -2.33. The fourth-order valence-corrected chi connectivity index (χ4v) is 3.66. The Bertz CT molecular complexity index is 1080. The smallest absolute Gasteiger partial charge is 0.416 e. The zero-order valence-electron chi connectivity index (χ0n) is 20.7. The van der Waals surface area contributed by atoms with Crippen LogP contribution in [0.25, 0.3) is 0 Å². The molecule has 0 saturated carbocycles. The molecule has 0 bridgehead atoms. The summed E-state index contributed by atoms with van der Waals surface area (Å²) >= 11 is 0. The van der Waals surface area contributed by atoms with Gasteiger partial charge in [0, 0.05) is 24.1 Å². The topological polar surface area (TPSA) is 132 Å². The maximum absolute atomic E-state index is 12.8. The average Bonchev–Trinajstić information content (AvgIpc) is 3.49. The van der Waals surface area contributed by atoms with E-state index in [1.165, 1.54) is 24.4 Å². The van der Waals surface area contributed by atoms with Crippen molar-refractivity contribution in [2.24, 2.45) is 5.41 Å². The molecular formula is C24H31F3N6O4. The van der Waals surface area contributed by atoms with Crippen molar-refractivity contribution in [1.29, 1.82) is 0 Å². The van der Waals surface area contributed by atoms with Crippen LogP contribution in [-0.4, -0.2) is 57.6 Å². The van der Waals surface area contributed by atoms with Gasteiger partial charge < -0.3 is 15.2 Å². The van der Waals surface area contributed by atoms with E-state index in [0.717, 1.165) is 17.7 Å². The lowest BCUT2D eigenvalue weighted by molar-refractivity contribution is -0.137. The summed E-state index contributed by atoms with van der Waals surface area (Å²) in [7, 11) is 0. The van der Waals surface area contributed by atoms with Gasteiger partial charge in [-0.05, 0) is 24.1 Å². The number of hydrogen-bond donors (Lipinski definition) is 5. The van der Waals surface area contributed by atoms with Crippen LogP contribution in [0.5, 0.6) is 0 Å². The molecule has 1 fully saturated rings. The number of aliphatic hydroxyl groups is 1. The van der Waals surface area contributed by atoms with Gasteiger partial charge in [0.05, 0.1) is 24.0 Å². The second kappa shape index (κ2) is 11.3. The zero-order valence-corrected chi connectivity index (χ0v) is 20.7. The number of amides is 2. The monoisotopic (exact) mass is 524 g/mol. The molecule has 1 aliphatic rings. The van der Waals surface area contributed by atoms with Crippen molar-refractivity contribution >= 4 is 17.8 Å². The quantitative estimate of drug-likeness (QED) is 0.358. The molecule has 3 rings (SSSR count). The summed E-state index contributed by atoms with van der Waals surface area (Å²) in [5, 5.41) is 22.9. The molecule has 2 heterocycles. The van der Waals surface area contributed by atoms with Crippen molar-refractivity contribution in [3.63, 3.8) is 0 Å². The molecule has 1 aromatic heterocycles. The van der Waals surface area contributed by atoms with Gasteiger partial charge in [-0.2, -0.15) is 18.3 Å². The first-order chi connectivity index (χ1) is 17.2. The number of nitrogens with zero attached hydrogens (tertiary/aromatic N) is 2. The average molecular weight is 525 g/mol. The number of alkyl carbamates (subject to hydrolysis) is 1. The van der Waals surface area contributed by atoms with Gasteiger partial charge in [-0.25, -0.2) is 15.2 Å². The number of rotatable bonds is 8. The van der Waals surface area contributed by atoms with Crippen LogP contribution in [0.1, 0.15) is 44.4 Å². The number of carbonyl (C=O) groups is 2. The minimum Gasteiger partial charge on any atom is -0.444 e. The molecule has 202 valence electrons. The van der Waals surface area contributed by atoms with Crippen molar-refractivity contribution in [3.05, 3.63) is 59.9 Å². The van der Waals surface area contributed by atoms with Crippen LogP contribution < -0.4 is 16.1 Å². The molecule has 2 amide bonds. The molecule has 1 unspecified atom stereocenters. The minimum absolute atomic E-state index is 0.181. The van der Waals surface area contributed by atoms with E-state index in [2.05, 4.69) is 32.8 Å². The summed E-state index contributed by atoms with van der Waals surface area (Å²) in [5.41, 5.74) is 2.53. The molecule has 5 N–H and O–H groups in total. The number of aromatic amines is 1. The summed E-state index contributed by atoms with van der Waals surface area (Å²) in [6.07, 6.45) is -5.56. The number of carbonyl (C=O) groups excluding carboxylic acids is 2. The van der Waals surface area contributed by atoms with Crippen molar-refractivity contribution in [3.8, 4) is 0 Å². The van der Waals surface area contributed by atoms with Crippen LogP contribution in [0.3, 0.4) is 0 Å². The van der Waals surface area contributed by atoms with E-state index in [-0.39, 0.29) is 17.6 Å². The largest absolute Gasteiger partial charge is 0.444 e. The van der Waals surface area contributed by atoms with Crippen molar-refractivity contribution in [2.75, 3.05) is 18.4 Å². The fourth-order valence-electron chi connectivity index (χ4n) is 3.66. The van der Waals surface area contributed by atoms with E-state index in [4.69, 9.17) is 4.74 Å². The van der Waals surface area contributed by atoms with Crippen molar-refractivity contribution in [2.45, 2.75) is 51.6 Å². The number of aromatic nitrogens is 2. The van der Waals surface area contributed by atoms with Gasteiger partial charge in [-0.15, -0.1) is 0 Å². The molecule has 1 aliphatic heterocycles. The van der Waals surface area contributed by atoms with Crippen molar-refractivity contribution < 1.29 is 32.6 Å². The summed E-state index contributed by atoms with van der Waals surface area (Å²) in [5.74, 6) is -0.558. The van der Waals surface area contributed by atoms with Crippen LogP contribution in [0.2, 0.25) is 0 Å². The zero-order chi connectivity index (χ0) is 27.4. The Morgan fingerprint density at radius 2 is 1.92 bits per heavy atom. The number of benzene rings is 1. The van der Waals surface area contributed by atoms with Crippen LogP contribution in [0.15, 0.2) is 48.8 Å². The number of halogens is 3. The van der Waals surface area contributed by atoms with E-state index in [1.54, 1.807) is 0 Å². The minimum atomic E-state index is -4.39. The van der Waals surface area contributed by atoms with Gasteiger partial charge in [0.15, 0.2) is 6.10 Å². The predicted molar refractivity (Wildman–Crippen MR) is 129 cm³/mol. The molecule has 1 aromatic carbocycles. The van der Waals surface area contributed by atoms with Gasteiger partial charge in [-0.3, -0.25) is 15.2 Å². The highest BCUT2D eigenvalue weighted by Gasteiger charge is 2.35. The summed E-state index contributed by atoms with van der Waals surface area (Å²) in [6, 6.07) is 6.32. The first kappa shape index (κ1) is 28.2. The van der Waals surface area contributed by atoms with E-state index in [0.29, 0.717) is 19.5 Å². The number of hydrogen-bond acceptors (Lipinski definition) is 7. The number of aliphatic hydroxyl groups excluding tert-OH is 1. The summed E-state index contributed by atoms with van der Waals surface area (Å²) in [6.45, 7) is 10.1. The Kier molecular flexibility index (Phi) is 8.61. The van der Waals surface area contributed by atoms with Gasteiger partial charge in [0.25, 0.3) is 5.91 Å². The van der Waals surface area contributed by atoms with E-state index >= 15 is 0 Å². The lowest BCUT2D eigenvalue weighted by Crippen LogP contribution is -2.47. The van der Waals surface area contributed by atoms with Crippen LogP contribution in [0.4, 0.5) is 23.8 Å². The first-order valence-corrected chi connectivity index (χ1v) is 11.6. The molecule has 3 atom stereocenters. The number of hydrazine groups is 1. The molecule has 10 nitrogen and oxygen atoms in total. The third kappa shape index (κ3) is 7.78. The Morgan fingerprint density at radius 3 is 2.49 bits per heavy atom. The third-order valence-electron chi connectivity index (χ3n) is 5.87. The highest BCUT2D eigenvalue weighted by atomic mass is 19.4. The van der Waals surface area contributed by atoms with E-state index in [1.807, 2.05) is 25.8 Å². The fraction of sp³-hybridized carbons (Fsp3) is 0.458. The Balaban J connectivity index is 1.54. The lowest BCUT2D eigenvalue weighted by atomic mass is 9.89. The third-order valence-corrected chi connectivity index (χ3v) is 5.87. The molecule has 37 heavy (non-hydrogen) atoms. The highest BCUT2D eigenvalue weighted by molar-refractivity contribution is 5.95. The number of nitrogens with one attached hydrogen (secondary N) is 4. The second-order valence-electron chi connectivity index (χ2n) is 9.81. The molecule has 0 radical (unpaired) electrons. The van der Waals surface area contributed by atoms with Gasteiger partial charge in [-0.1, -0.05) is 39.5 Å². The van der Waals surface area contributed by atoms with Gasteiger partial charge in [0.2, 0.25) is 0 Å². The second-order valence-corrected chi connectivity index (χ2v) is 9.81. The Labute approximate surface area is 212 Å². The molecular weight excluding hydrogens is 493 g/mol. The highest BCUT2D eigenvalue weighted by Crippen LogP contribution is 2.32. The SMILES string of the molecule is C=C(NC(=O)O[C@H](CN1CCC(c2ccc(C(F)(F)F)cc2)N1)C(C)(C)C)[C@H](O)C(=O)Nc1ccn[nH]1. The normalized spacial score (nSPS) is 18.2. The summed E-state index contributed by atoms with van der Waals surface area (Å²) in [4.78, 5) is 24.7. The molecule has 1 saturated heterocycles. The van der Waals surface area contributed by atoms with Gasteiger partial charge in [0.1, 0.15) is 11.9 Å². The van der Waals surface area contributed by atoms with Crippen LogP contribution >= 0.6 is 0 Å². The van der Waals surface area contributed by atoms with Crippen molar-refractivity contribution in [1.82, 2.24) is 25.9 Å². The first-order valence-electron chi connectivity index (χ1n) is 11.6. The maximum Gasteiger partial charge on any atom is 0.416 e.